The smallest absolute Gasteiger partial charge is 0.125 e. The Morgan fingerprint density at radius 2 is 2.12 bits per heavy atom. The van der Waals surface area contributed by atoms with Gasteiger partial charge in [0.1, 0.15) is 5.75 Å². The normalized spacial score (nSPS) is 14.6. The molecule has 0 saturated heterocycles. The first-order valence-electron chi connectivity index (χ1n) is 5.36. The van der Waals surface area contributed by atoms with Crippen molar-refractivity contribution in [1.82, 2.24) is 0 Å². The Balaban J connectivity index is 2.72. The van der Waals surface area contributed by atoms with Gasteiger partial charge in [-0.1, -0.05) is 22.0 Å². The molecule has 4 heteroatoms. The Labute approximate surface area is 105 Å². The maximum absolute atomic E-state index is 9.15. The monoisotopic (exact) mass is 287 g/mol. The molecule has 0 fully saturated rings. The second-order valence-corrected chi connectivity index (χ2v) is 4.87. The van der Waals surface area contributed by atoms with E-state index in [1.165, 1.54) is 0 Å². The van der Waals surface area contributed by atoms with Crippen LogP contribution in [0.15, 0.2) is 22.7 Å². The van der Waals surface area contributed by atoms with Gasteiger partial charge in [-0.05, 0) is 26.0 Å². The number of benzene rings is 1. The van der Waals surface area contributed by atoms with Crippen molar-refractivity contribution >= 4 is 15.9 Å². The molecular weight excluding hydrogens is 270 g/mol. The van der Waals surface area contributed by atoms with E-state index in [-0.39, 0.29) is 12.1 Å². The van der Waals surface area contributed by atoms with Crippen LogP contribution >= 0.6 is 15.9 Å². The minimum atomic E-state index is -0.342. The lowest BCUT2D eigenvalue weighted by Gasteiger charge is -2.15. The maximum Gasteiger partial charge on any atom is 0.125 e. The number of aliphatic hydroxyl groups excluding tert-OH is 1. The van der Waals surface area contributed by atoms with Crippen LogP contribution in [0.2, 0.25) is 0 Å². The van der Waals surface area contributed by atoms with E-state index >= 15 is 0 Å². The van der Waals surface area contributed by atoms with E-state index < -0.39 is 0 Å². The van der Waals surface area contributed by atoms with E-state index in [1.54, 1.807) is 6.92 Å². The van der Waals surface area contributed by atoms with E-state index in [2.05, 4.69) is 15.9 Å². The van der Waals surface area contributed by atoms with Crippen LogP contribution in [0.3, 0.4) is 0 Å². The number of ether oxygens (including phenoxy) is 1. The first kappa shape index (κ1) is 13.5. The van der Waals surface area contributed by atoms with Crippen molar-refractivity contribution in [2.45, 2.75) is 32.4 Å². The molecule has 0 radical (unpaired) electrons. The molecule has 0 aliphatic heterocycles. The average molecular weight is 288 g/mol. The summed E-state index contributed by atoms with van der Waals surface area (Å²) in [5, 5.41) is 9.15. The first-order valence-corrected chi connectivity index (χ1v) is 6.16. The highest BCUT2D eigenvalue weighted by atomic mass is 79.9. The number of rotatable bonds is 5. The lowest BCUT2D eigenvalue weighted by Crippen LogP contribution is -2.11. The van der Waals surface area contributed by atoms with Gasteiger partial charge >= 0.3 is 0 Å². The molecule has 0 saturated carbocycles. The molecule has 0 amide bonds. The van der Waals surface area contributed by atoms with E-state index in [1.807, 2.05) is 25.1 Å². The fourth-order valence-corrected chi connectivity index (χ4v) is 1.69. The van der Waals surface area contributed by atoms with Crippen LogP contribution in [0.5, 0.6) is 5.75 Å². The van der Waals surface area contributed by atoms with Crippen LogP contribution < -0.4 is 10.5 Å². The van der Waals surface area contributed by atoms with Crippen LogP contribution in [0.4, 0.5) is 0 Å². The number of aliphatic hydroxyl groups is 1. The van der Waals surface area contributed by atoms with Crippen LogP contribution in [0.1, 0.15) is 31.9 Å². The number of nitrogens with two attached hydrogens (primary N) is 1. The van der Waals surface area contributed by atoms with Crippen molar-refractivity contribution in [2.75, 3.05) is 6.61 Å². The molecule has 3 nitrogen and oxygen atoms in total. The summed E-state index contributed by atoms with van der Waals surface area (Å²) in [6, 6.07) is 5.74. The number of hydrogen-bond donors (Lipinski definition) is 2. The molecule has 16 heavy (non-hydrogen) atoms. The minimum absolute atomic E-state index is 0.0605. The largest absolute Gasteiger partial charge is 0.493 e. The van der Waals surface area contributed by atoms with Crippen molar-refractivity contribution in [2.24, 2.45) is 5.73 Å². The molecule has 0 aromatic heterocycles. The topological polar surface area (TPSA) is 55.5 Å². The van der Waals surface area contributed by atoms with Crippen molar-refractivity contribution in [1.29, 1.82) is 0 Å². The van der Waals surface area contributed by atoms with Crippen LogP contribution in [0, 0.1) is 0 Å². The summed E-state index contributed by atoms with van der Waals surface area (Å²) in [5.41, 5.74) is 6.83. The van der Waals surface area contributed by atoms with E-state index in [4.69, 9.17) is 15.6 Å². The zero-order chi connectivity index (χ0) is 12.1. The fraction of sp³-hybridized carbons (Fsp3) is 0.500. The van der Waals surface area contributed by atoms with Gasteiger partial charge in [0.15, 0.2) is 0 Å². The fourth-order valence-electron chi connectivity index (χ4n) is 1.35. The third-order valence-electron chi connectivity index (χ3n) is 2.26. The average Bonchev–Trinajstić information content (AvgIpc) is 2.16. The molecule has 1 unspecified atom stereocenters. The Kier molecular flexibility index (Phi) is 5.25. The zero-order valence-electron chi connectivity index (χ0n) is 9.61. The molecule has 1 aromatic carbocycles. The van der Waals surface area contributed by atoms with Crippen molar-refractivity contribution < 1.29 is 9.84 Å². The van der Waals surface area contributed by atoms with Gasteiger partial charge in [-0.2, -0.15) is 0 Å². The third-order valence-corrected chi connectivity index (χ3v) is 2.75. The Morgan fingerprint density at radius 3 is 2.69 bits per heavy atom. The van der Waals surface area contributed by atoms with Gasteiger partial charge in [0, 0.05) is 22.5 Å². The summed E-state index contributed by atoms with van der Waals surface area (Å²) in [4.78, 5) is 0. The van der Waals surface area contributed by atoms with E-state index in [0.29, 0.717) is 13.0 Å². The van der Waals surface area contributed by atoms with E-state index in [9.17, 15) is 0 Å². The second-order valence-electron chi connectivity index (χ2n) is 3.96. The molecule has 0 bridgehead atoms. The molecular formula is C12H18BrNO2. The van der Waals surface area contributed by atoms with Gasteiger partial charge in [0.2, 0.25) is 0 Å². The molecule has 0 aliphatic carbocycles. The van der Waals surface area contributed by atoms with Gasteiger partial charge in [0.25, 0.3) is 0 Å². The maximum atomic E-state index is 9.15. The highest BCUT2D eigenvalue weighted by Crippen LogP contribution is 2.27. The SMILES string of the molecule is CC(O)CCOc1cc(Br)ccc1[C@H](C)N. The number of hydrogen-bond acceptors (Lipinski definition) is 3. The molecule has 0 heterocycles. The van der Waals surface area contributed by atoms with E-state index in [0.717, 1.165) is 15.8 Å². The molecule has 90 valence electrons. The van der Waals surface area contributed by atoms with Crippen LogP contribution in [-0.4, -0.2) is 17.8 Å². The molecule has 2 atom stereocenters. The summed E-state index contributed by atoms with van der Waals surface area (Å²) in [5.74, 6) is 0.782. The second kappa shape index (κ2) is 6.23. The van der Waals surface area contributed by atoms with Crippen molar-refractivity contribution in [3.05, 3.63) is 28.2 Å². The summed E-state index contributed by atoms with van der Waals surface area (Å²) in [6.45, 7) is 4.16. The zero-order valence-corrected chi connectivity index (χ0v) is 11.2. The van der Waals surface area contributed by atoms with Gasteiger partial charge in [-0.3, -0.25) is 0 Å². The summed E-state index contributed by atoms with van der Waals surface area (Å²) in [6.07, 6.45) is 0.274. The van der Waals surface area contributed by atoms with Crippen molar-refractivity contribution in [3.8, 4) is 5.75 Å². The summed E-state index contributed by atoms with van der Waals surface area (Å²) in [7, 11) is 0. The quantitative estimate of drug-likeness (QED) is 0.875. The predicted molar refractivity (Wildman–Crippen MR) is 68.5 cm³/mol. The van der Waals surface area contributed by atoms with Gasteiger partial charge in [0.05, 0.1) is 12.7 Å². The highest BCUT2D eigenvalue weighted by molar-refractivity contribution is 9.10. The third kappa shape index (κ3) is 4.12. The first-order chi connectivity index (χ1) is 7.50. The Bertz CT molecular complexity index is 340. The summed E-state index contributed by atoms with van der Waals surface area (Å²) >= 11 is 3.40. The lowest BCUT2D eigenvalue weighted by atomic mass is 10.1. The lowest BCUT2D eigenvalue weighted by molar-refractivity contribution is 0.155. The van der Waals surface area contributed by atoms with Crippen molar-refractivity contribution in [3.63, 3.8) is 0 Å². The van der Waals surface area contributed by atoms with Gasteiger partial charge in [-0.15, -0.1) is 0 Å². The highest BCUT2D eigenvalue weighted by Gasteiger charge is 2.09. The Hall–Kier alpha value is -0.580. The van der Waals surface area contributed by atoms with Gasteiger partial charge in [-0.25, -0.2) is 0 Å². The molecule has 0 spiro atoms. The predicted octanol–water partition coefficient (Wildman–Crippen LogP) is 2.62. The van der Waals surface area contributed by atoms with Crippen LogP contribution in [-0.2, 0) is 0 Å². The number of halogens is 1. The minimum Gasteiger partial charge on any atom is -0.493 e. The van der Waals surface area contributed by atoms with Gasteiger partial charge < -0.3 is 15.6 Å². The molecule has 0 aliphatic rings. The summed E-state index contributed by atoms with van der Waals surface area (Å²) < 4.78 is 6.58. The standard InChI is InChI=1S/C12H18BrNO2/c1-8(15)5-6-16-12-7-10(13)3-4-11(12)9(2)14/h3-4,7-9,15H,5-6,14H2,1-2H3/t8?,9-/m0/s1. The molecule has 3 N–H and O–H groups in total. The Morgan fingerprint density at radius 1 is 1.44 bits per heavy atom. The molecule has 1 rings (SSSR count). The van der Waals surface area contributed by atoms with Crippen LogP contribution in [0.25, 0.3) is 0 Å². The molecule has 1 aromatic rings.